The molecule has 0 bridgehead atoms. The Morgan fingerprint density at radius 2 is 2.50 bits per heavy atom. The lowest BCUT2D eigenvalue weighted by molar-refractivity contribution is -0.119. The molecule has 1 aliphatic rings. The van der Waals surface area contributed by atoms with Crippen LogP contribution in [0.3, 0.4) is 0 Å². The number of carbonyl (C=O) groups is 1. The Hall–Kier alpha value is -1.37. The molecule has 0 fully saturated rings. The van der Waals surface area contributed by atoms with Gasteiger partial charge in [0.05, 0.1) is 6.07 Å². The molecule has 0 aromatic carbocycles. The van der Waals surface area contributed by atoms with Crippen molar-refractivity contribution in [1.82, 2.24) is 0 Å². The number of nitriles is 1. The number of amidine groups is 1. The maximum Gasteiger partial charge on any atom is 0.161 e. The van der Waals surface area contributed by atoms with Crippen molar-refractivity contribution >= 4 is 11.6 Å². The third kappa shape index (κ3) is 0.982. The van der Waals surface area contributed by atoms with Crippen molar-refractivity contribution in [3.63, 3.8) is 0 Å². The Kier molecular flexibility index (Phi) is 1.67. The van der Waals surface area contributed by atoms with E-state index in [2.05, 4.69) is 4.99 Å². The summed E-state index contributed by atoms with van der Waals surface area (Å²) in [6, 6.07) is 1.80. The highest BCUT2D eigenvalue weighted by atomic mass is 16.1. The quantitative estimate of drug-likeness (QED) is 0.486. The summed E-state index contributed by atoms with van der Waals surface area (Å²) >= 11 is 0. The molecule has 1 heterocycles. The fourth-order valence-electron chi connectivity index (χ4n) is 0.834. The van der Waals surface area contributed by atoms with Crippen LogP contribution in [0.4, 0.5) is 0 Å². The van der Waals surface area contributed by atoms with Crippen LogP contribution < -0.4 is 5.73 Å². The highest BCUT2D eigenvalue weighted by Crippen LogP contribution is 2.06. The fraction of sp³-hybridized carbons (Fsp3) is 0.500. The molecule has 4 heteroatoms. The standard InChI is InChI=1S/C6H7N3O/c7-3-4-5(10)1-2-9-6(4)8/h4H,1-2H2,(H2,8,9). The smallest absolute Gasteiger partial charge is 0.161 e. The van der Waals surface area contributed by atoms with Crippen molar-refractivity contribution in [2.45, 2.75) is 6.42 Å². The average Bonchev–Trinajstić information content (AvgIpc) is 1.88. The molecule has 0 radical (unpaired) electrons. The van der Waals surface area contributed by atoms with Crippen LogP contribution in [0.2, 0.25) is 0 Å². The van der Waals surface area contributed by atoms with Crippen molar-refractivity contribution in [3.8, 4) is 6.07 Å². The van der Waals surface area contributed by atoms with Crippen LogP contribution in [0, 0.1) is 17.2 Å². The Labute approximate surface area is 58.3 Å². The number of Topliss-reactive ketones (excluding diaryl/α,β-unsaturated/α-hetero) is 1. The van der Waals surface area contributed by atoms with Gasteiger partial charge in [0.25, 0.3) is 0 Å². The van der Waals surface area contributed by atoms with E-state index in [9.17, 15) is 4.79 Å². The van der Waals surface area contributed by atoms with Crippen LogP contribution in [0.5, 0.6) is 0 Å². The van der Waals surface area contributed by atoms with Gasteiger partial charge in [0.2, 0.25) is 0 Å². The lowest BCUT2D eigenvalue weighted by Gasteiger charge is -2.11. The van der Waals surface area contributed by atoms with Gasteiger partial charge in [0.15, 0.2) is 11.7 Å². The van der Waals surface area contributed by atoms with Gasteiger partial charge in [-0.2, -0.15) is 5.26 Å². The van der Waals surface area contributed by atoms with Crippen molar-refractivity contribution in [2.75, 3.05) is 6.54 Å². The van der Waals surface area contributed by atoms with E-state index < -0.39 is 5.92 Å². The molecule has 1 atom stereocenters. The monoisotopic (exact) mass is 137 g/mol. The van der Waals surface area contributed by atoms with Gasteiger partial charge in [0, 0.05) is 13.0 Å². The first-order chi connectivity index (χ1) is 4.75. The fourth-order valence-corrected chi connectivity index (χ4v) is 0.834. The first kappa shape index (κ1) is 6.75. The van der Waals surface area contributed by atoms with Crippen LogP contribution in [0.15, 0.2) is 4.99 Å². The van der Waals surface area contributed by atoms with Gasteiger partial charge < -0.3 is 5.73 Å². The number of nitrogens with zero attached hydrogens (tertiary/aromatic N) is 2. The predicted molar refractivity (Wildman–Crippen MR) is 35.2 cm³/mol. The summed E-state index contributed by atoms with van der Waals surface area (Å²) in [6.45, 7) is 0.433. The van der Waals surface area contributed by atoms with Gasteiger partial charge in [-0.25, -0.2) is 0 Å². The van der Waals surface area contributed by atoms with E-state index in [1.807, 2.05) is 0 Å². The Balaban J connectivity index is 2.85. The second-order valence-electron chi connectivity index (χ2n) is 2.09. The molecule has 0 saturated carbocycles. The lowest BCUT2D eigenvalue weighted by Crippen LogP contribution is -2.33. The van der Waals surface area contributed by atoms with Crippen LogP contribution in [0.25, 0.3) is 0 Å². The van der Waals surface area contributed by atoms with E-state index in [0.29, 0.717) is 13.0 Å². The maximum atomic E-state index is 10.9. The van der Waals surface area contributed by atoms with E-state index in [1.54, 1.807) is 6.07 Å². The summed E-state index contributed by atoms with van der Waals surface area (Å²) in [5, 5.41) is 8.40. The van der Waals surface area contributed by atoms with E-state index in [-0.39, 0.29) is 11.6 Å². The third-order valence-corrected chi connectivity index (χ3v) is 1.40. The van der Waals surface area contributed by atoms with Crippen molar-refractivity contribution < 1.29 is 4.79 Å². The normalized spacial score (nSPS) is 25.3. The van der Waals surface area contributed by atoms with Crippen LogP contribution in [-0.2, 0) is 4.79 Å². The van der Waals surface area contributed by atoms with Gasteiger partial charge in [-0.05, 0) is 0 Å². The zero-order valence-corrected chi connectivity index (χ0v) is 5.37. The molecular weight excluding hydrogens is 130 g/mol. The minimum Gasteiger partial charge on any atom is -0.386 e. The van der Waals surface area contributed by atoms with Crippen molar-refractivity contribution in [3.05, 3.63) is 0 Å². The van der Waals surface area contributed by atoms with Gasteiger partial charge in [-0.1, -0.05) is 0 Å². The molecule has 1 unspecified atom stereocenters. The van der Waals surface area contributed by atoms with E-state index in [1.165, 1.54) is 0 Å². The van der Waals surface area contributed by atoms with Crippen molar-refractivity contribution in [2.24, 2.45) is 16.6 Å². The minimum atomic E-state index is -0.784. The van der Waals surface area contributed by atoms with Gasteiger partial charge in [0.1, 0.15) is 5.84 Å². The number of nitrogens with two attached hydrogens (primary N) is 1. The predicted octanol–water partition coefficient (Wildman–Crippen LogP) is -0.544. The third-order valence-electron chi connectivity index (χ3n) is 1.40. The second kappa shape index (κ2) is 2.48. The number of rotatable bonds is 0. The number of ketones is 1. The highest BCUT2D eigenvalue weighted by Gasteiger charge is 2.24. The zero-order chi connectivity index (χ0) is 7.56. The summed E-state index contributed by atoms with van der Waals surface area (Å²) in [7, 11) is 0. The second-order valence-corrected chi connectivity index (χ2v) is 2.09. The number of carbonyl (C=O) groups excluding carboxylic acids is 1. The summed E-state index contributed by atoms with van der Waals surface area (Å²) in [6.07, 6.45) is 0.346. The van der Waals surface area contributed by atoms with E-state index in [4.69, 9.17) is 11.0 Å². The molecule has 52 valence electrons. The first-order valence-corrected chi connectivity index (χ1v) is 2.98. The molecule has 1 rings (SSSR count). The molecule has 0 spiro atoms. The molecule has 4 nitrogen and oxygen atoms in total. The molecular formula is C6H7N3O. The number of hydrogen-bond donors (Lipinski definition) is 1. The Morgan fingerprint density at radius 1 is 1.80 bits per heavy atom. The summed E-state index contributed by atoms with van der Waals surface area (Å²) in [5.41, 5.74) is 5.29. The maximum absolute atomic E-state index is 10.9. The Bertz CT molecular complexity index is 226. The molecule has 0 saturated heterocycles. The van der Waals surface area contributed by atoms with Gasteiger partial charge in [-0.15, -0.1) is 0 Å². The highest BCUT2D eigenvalue weighted by molar-refractivity contribution is 6.07. The molecule has 1 aliphatic heterocycles. The SMILES string of the molecule is N#CC1C(=O)CCN=C1N. The average molecular weight is 137 g/mol. The van der Waals surface area contributed by atoms with E-state index >= 15 is 0 Å². The molecule has 0 amide bonds. The molecule has 2 N–H and O–H groups in total. The molecule has 0 aromatic heterocycles. The molecule has 0 aromatic rings. The molecule has 0 aliphatic carbocycles. The van der Waals surface area contributed by atoms with Crippen LogP contribution in [-0.4, -0.2) is 18.2 Å². The lowest BCUT2D eigenvalue weighted by atomic mass is 10.00. The van der Waals surface area contributed by atoms with Crippen LogP contribution >= 0.6 is 0 Å². The van der Waals surface area contributed by atoms with Gasteiger partial charge >= 0.3 is 0 Å². The number of aliphatic imine (C=N–C) groups is 1. The number of hydrogen-bond acceptors (Lipinski definition) is 4. The van der Waals surface area contributed by atoms with Crippen molar-refractivity contribution in [1.29, 1.82) is 5.26 Å². The zero-order valence-electron chi connectivity index (χ0n) is 5.37. The topological polar surface area (TPSA) is 79.2 Å². The minimum absolute atomic E-state index is 0.116. The first-order valence-electron chi connectivity index (χ1n) is 2.98. The van der Waals surface area contributed by atoms with E-state index in [0.717, 1.165) is 0 Å². The summed E-state index contributed by atoms with van der Waals surface area (Å²) in [5.74, 6) is -0.734. The van der Waals surface area contributed by atoms with Gasteiger partial charge in [-0.3, -0.25) is 9.79 Å². The summed E-state index contributed by atoms with van der Waals surface area (Å²) < 4.78 is 0. The summed E-state index contributed by atoms with van der Waals surface area (Å²) in [4.78, 5) is 14.6. The molecule has 10 heavy (non-hydrogen) atoms. The Morgan fingerprint density at radius 3 is 2.90 bits per heavy atom. The largest absolute Gasteiger partial charge is 0.386 e. The van der Waals surface area contributed by atoms with Crippen LogP contribution in [0.1, 0.15) is 6.42 Å².